The summed E-state index contributed by atoms with van der Waals surface area (Å²) in [7, 11) is 1.42. The fourth-order valence-corrected chi connectivity index (χ4v) is 6.34. The van der Waals surface area contributed by atoms with Crippen molar-refractivity contribution in [1.29, 1.82) is 0 Å². The fourth-order valence-electron chi connectivity index (χ4n) is 6.34. The quantitative estimate of drug-likeness (QED) is 0.160. The summed E-state index contributed by atoms with van der Waals surface area (Å²) in [5.41, 5.74) is 9.75. The van der Waals surface area contributed by atoms with Gasteiger partial charge in [0.15, 0.2) is 0 Å². The molecule has 0 amide bonds. The molecule has 0 unspecified atom stereocenters. The number of nitrogens with zero attached hydrogens (tertiary/aromatic N) is 3. The SMILES string of the molecule is CC1(C)O[B]OC1(C)C.Cc1cc(C(C)(C)C)cc(C)c1N1[CH-]N2C(=N[C@@H](c3ccccc3)[C@@H]2c2ccccc2)c2ccccc21.[Cu+]. The van der Waals surface area contributed by atoms with Gasteiger partial charge in [0.25, 0.3) is 0 Å². The van der Waals surface area contributed by atoms with Crippen LogP contribution in [0.1, 0.15) is 93.9 Å². The van der Waals surface area contributed by atoms with Crippen LogP contribution in [0.5, 0.6) is 0 Å². The van der Waals surface area contributed by atoms with Crippen LogP contribution in [-0.2, 0) is 31.8 Å². The molecule has 1 radical (unpaired) electrons. The van der Waals surface area contributed by atoms with Crippen molar-refractivity contribution < 1.29 is 26.4 Å². The molecule has 4 aromatic rings. The van der Waals surface area contributed by atoms with E-state index < -0.39 is 0 Å². The number of fused-ring (bicyclic) bond motifs is 3. The Kier molecular flexibility index (Phi) is 9.88. The van der Waals surface area contributed by atoms with Crippen LogP contribution >= 0.6 is 0 Å². The zero-order chi connectivity index (χ0) is 32.9. The van der Waals surface area contributed by atoms with Gasteiger partial charge in [-0.1, -0.05) is 106 Å². The predicted molar refractivity (Wildman–Crippen MR) is 190 cm³/mol. The second-order valence-electron chi connectivity index (χ2n) is 14.6. The van der Waals surface area contributed by atoms with Crippen LogP contribution in [-0.4, -0.2) is 29.6 Å². The molecule has 5 nitrogen and oxygen atoms in total. The fraction of sp³-hybridized carbons (Fsp3) is 0.350. The summed E-state index contributed by atoms with van der Waals surface area (Å²) >= 11 is 0. The van der Waals surface area contributed by atoms with Crippen LogP contribution in [0, 0.1) is 20.5 Å². The molecule has 2 atom stereocenters. The van der Waals surface area contributed by atoms with E-state index in [0.717, 1.165) is 5.84 Å². The number of anilines is 2. The van der Waals surface area contributed by atoms with Crippen LogP contribution in [0.3, 0.4) is 0 Å². The Morgan fingerprint density at radius 3 is 1.77 bits per heavy atom. The van der Waals surface area contributed by atoms with Crippen LogP contribution in [0.25, 0.3) is 0 Å². The Balaban J connectivity index is 0.000000377. The monoisotopic (exact) mass is 674 g/mol. The molecular weight excluding hydrogens is 629 g/mol. The molecule has 4 aromatic carbocycles. The Bertz CT molecular complexity index is 1700. The average molecular weight is 675 g/mol. The van der Waals surface area contributed by atoms with E-state index in [2.05, 4.69) is 148 Å². The summed E-state index contributed by atoms with van der Waals surface area (Å²) in [5, 5.41) is 0. The van der Waals surface area contributed by atoms with Crippen molar-refractivity contribution in [2.24, 2.45) is 4.99 Å². The zero-order valence-corrected chi connectivity index (χ0v) is 29.9. The summed E-state index contributed by atoms with van der Waals surface area (Å²) in [6.07, 6.45) is 0. The summed E-state index contributed by atoms with van der Waals surface area (Å²) in [4.78, 5) is 10.2. The van der Waals surface area contributed by atoms with Gasteiger partial charge in [-0.25, -0.2) is 0 Å². The third-order valence-electron chi connectivity index (χ3n) is 9.76. The minimum absolute atomic E-state index is 0. The van der Waals surface area contributed by atoms with Gasteiger partial charge in [0.05, 0.1) is 23.3 Å². The van der Waals surface area contributed by atoms with Crippen molar-refractivity contribution in [3.63, 3.8) is 0 Å². The first-order valence-electron chi connectivity index (χ1n) is 16.3. The van der Waals surface area contributed by atoms with Gasteiger partial charge in [0, 0.05) is 16.9 Å². The van der Waals surface area contributed by atoms with Gasteiger partial charge in [-0.3, -0.25) is 4.99 Å². The number of hydrogen-bond acceptors (Lipinski definition) is 5. The van der Waals surface area contributed by atoms with Crippen molar-refractivity contribution in [3.8, 4) is 0 Å². The molecule has 47 heavy (non-hydrogen) atoms. The van der Waals surface area contributed by atoms with Crippen molar-refractivity contribution in [3.05, 3.63) is 137 Å². The molecule has 3 aliphatic rings. The first-order valence-corrected chi connectivity index (χ1v) is 16.3. The largest absolute Gasteiger partial charge is 1.00 e. The standard InChI is InChI=1S/C34H34N3.C6H12BO2.Cu/c1-23-20-27(34(3,4)5)21-24(2)31(23)36-22-37-32(26-16-10-7-11-17-26)30(25-14-8-6-9-15-25)35-33(37)28-18-12-13-19-29(28)36;1-5(2)6(3,4)9-7-8-5;/h6-22,30,32H,1-5H3;1-4H3;/q-1;;+1/t30-,32-;;/m0../s1. The molecule has 0 aromatic heterocycles. The van der Waals surface area contributed by atoms with E-state index in [4.69, 9.17) is 14.3 Å². The van der Waals surface area contributed by atoms with Crippen molar-refractivity contribution >= 4 is 24.9 Å². The number of hydrogen-bond donors (Lipinski definition) is 0. The maximum absolute atomic E-state index is 5.38. The number of aryl methyl sites for hydroxylation is 2. The Labute approximate surface area is 293 Å². The normalized spacial score (nSPS) is 20.6. The van der Waals surface area contributed by atoms with Crippen molar-refractivity contribution in [2.75, 3.05) is 4.90 Å². The first-order chi connectivity index (χ1) is 21.8. The van der Waals surface area contributed by atoms with Crippen molar-refractivity contribution in [1.82, 2.24) is 4.90 Å². The molecule has 0 aliphatic carbocycles. The Hall–Kier alpha value is -3.35. The number of amidine groups is 1. The molecule has 0 bridgehead atoms. The summed E-state index contributed by atoms with van der Waals surface area (Å²) in [6, 6.07) is 35.0. The van der Waals surface area contributed by atoms with Crippen LogP contribution in [0.2, 0.25) is 0 Å². The van der Waals surface area contributed by atoms with Crippen LogP contribution in [0.15, 0.2) is 102 Å². The number of para-hydroxylation sites is 1. The second-order valence-corrected chi connectivity index (χ2v) is 14.6. The molecule has 0 spiro atoms. The smallest absolute Gasteiger partial charge is 0.479 e. The van der Waals surface area contributed by atoms with Gasteiger partial charge in [-0.05, 0) is 86.9 Å². The van der Waals surface area contributed by atoms with Gasteiger partial charge >= 0.3 is 24.8 Å². The minimum Gasteiger partial charge on any atom is -0.479 e. The molecule has 7 heteroatoms. The average Bonchev–Trinajstić information content (AvgIpc) is 3.52. The predicted octanol–water partition coefficient (Wildman–Crippen LogP) is 9.54. The third-order valence-corrected chi connectivity index (χ3v) is 9.76. The van der Waals surface area contributed by atoms with Crippen LogP contribution in [0.4, 0.5) is 11.4 Å². The molecular formula is C40H46BCuN3O2. The summed E-state index contributed by atoms with van der Waals surface area (Å²) in [5.74, 6) is 1.04. The summed E-state index contributed by atoms with van der Waals surface area (Å²) < 4.78 is 10.4. The maximum atomic E-state index is 5.38. The molecule has 0 N–H and O–H groups in total. The third kappa shape index (κ3) is 6.69. The Morgan fingerprint density at radius 2 is 1.26 bits per heavy atom. The second kappa shape index (κ2) is 13.3. The number of rotatable bonds is 3. The molecule has 1 fully saturated rings. The van der Waals surface area contributed by atoms with Gasteiger partial charge in [0.2, 0.25) is 0 Å². The first kappa shape index (κ1) is 35.0. The van der Waals surface area contributed by atoms with E-state index >= 15 is 0 Å². The van der Waals surface area contributed by atoms with E-state index in [0.29, 0.717) is 0 Å². The molecule has 1 saturated heterocycles. The zero-order valence-electron chi connectivity index (χ0n) is 29.0. The molecule has 7 rings (SSSR count). The summed E-state index contributed by atoms with van der Waals surface area (Å²) in [6.45, 7) is 21.7. The van der Waals surface area contributed by atoms with Crippen molar-refractivity contribution in [2.45, 2.75) is 91.0 Å². The molecule has 3 heterocycles. The van der Waals surface area contributed by atoms with Crippen LogP contribution < -0.4 is 4.90 Å². The minimum atomic E-state index is -0.188. The number of benzene rings is 4. The molecule has 247 valence electrons. The topological polar surface area (TPSA) is 37.3 Å². The van der Waals surface area contributed by atoms with E-state index in [1.54, 1.807) is 0 Å². The Morgan fingerprint density at radius 1 is 0.745 bits per heavy atom. The van der Waals surface area contributed by atoms with Gasteiger partial charge in [-0.2, -0.15) is 0 Å². The molecule has 0 saturated carbocycles. The van der Waals surface area contributed by atoms with Gasteiger partial charge < -0.3 is 19.1 Å². The number of aliphatic imine (C=N–C) groups is 1. The van der Waals surface area contributed by atoms with E-state index in [9.17, 15) is 0 Å². The molecule has 3 aliphatic heterocycles. The maximum Gasteiger partial charge on any atom is 1.00 e. The van der Waals surface area contributed by atoms with Gasteiger partial charge in [-0.15, -0.1) is 6.67 Å². The van der Waals surface area contributed by atoms with E-state index in [1.807, 2.05) is 27.7 Å². The van der Waals surface area contributed by atoms with E-state index in [-0.39, 0.29) is 45.8 Å². The van der Waals surface area contributed by atoms with E-state index in [1.165, 1.54) is 52.4 Å². The van der Waals surface area contributed by atoms with Gasteiger partial charge in [0.1, 0.15) is 5.84 Å².